The molecule has 0 radical (unpaired) electrons. The molecule has 1 aromatic heterocycles. The molecule has 7 nitrogen and oxygen atoms in total. The number of aliphatic imine (C=N–C) groups is 1. The number of rotatable bonds is 4. The van der Waals surface area contributed by atoms with E-state index >= 15 is 0 Å². The van der Waals surface area contributed by atoms with Gasteiger partial charge in [-0.05, 0) is 87.0 Å². The number of carbonyl (C=O) groups is 2. The number of hydrogen-bond donors (Lipinski definition) is 2. The molecule has 2 fully saturated rings. The van der Waals surface area contributed by atoms with E-state index in [0.29, 0.717) is 6.54 Å². The van der Waals surface area contributed by atoms with Crippen LogP contribution in [0.5, 0.6) is 0 Å². The molecule has 7 heteroatoms. The van der Waals surface area contributed by atoms with E-state index in [1.807, 2.05) is 19.8 Å². The van der Waals surface area contributed by atoms with Gasteiger partial charge in [-0.25, -0.2) is 4.79 Å². The van der Waals surface area contributed by atoms with Crippen LogP contribution >= 0.6 is 0 Å². The second-order valence-electron chi connectivity index (χ2n) is 9.95. The minimum absolute atomic E-state index is 0.473. The number of nitrogens with two attached hydrogens (primary N) is 1. The topological polar surface area (TPSA) is 101 Å². The number of hydrogen-bond acceptors (Lipinski definition) is 5. The molecule has 2 heterocycles. The third kappa shape index (κ3) is 23.8. The predicted molar refractivity (Wildman–Crippen MR) is 168 cm³/mol. The summed E-state index contributed by atoms with van der Waals surface area (Å²) in [5, 5.41) is 2.55. The lowest BCUT2D eigenvalue weighted by Crippen LogP contribution is -2.31. The number of carbonyl (C=O) groups excluding carboxylic acids is 2. The molecule has 1 aromatic rings. The fourth-order valence-corrected chi connectivity index (χ4v) is 3.81. The van der Waals surface area contributed by atoms with E-state index in [2.05, 4.69) is 88.7 Å². The summed E-state index contributed by atoms with van der Waals surface area (Å²) in [6.45, 7) is 29.4. The van der Waals surface area contributed by atoms with Crippen LogP contribution in [0.2, 0.25) is 0 Å². The maximum Gasteiger partial charge on any atom is 0.312 e. The van der Waals surface area contributed by atoms with E-state index in [1.54, 1.807) is 19.4 Å². The van der Waals surface area contributed by atoms with Crippen LogP contribution in [0.1, 0.15) is 91.7 Å². The van der Waals surface area contributed by atoms with E-state index in [-0.39, 0.29) is 0 Å². The molecule has 1 aliphatic heterocycles. The van der Waals surface area contributed by atoms with Gasteiger partial charge in [-0.1, -0.05) is 61.3 Å². The molecule has 2 amide bonds. The molecule has 3 rings (SSSR count). The SMILES string of the molecule is C=C.C=NC.C=O.CC(C)C.CCC.CCC1CC12CCN(C)CC2.CCc1cnccc1CNC(N)=O. The van der Waals surface area contributed by atoms with Gasteiger partial charge < -0.3 is 25.7 Å². The smallest absolute Gasteiger partial charge is 0.312 e. The molecule has 3 N–H and O–H groups in total. The van der Waals surface area contributed by atoms with Gasteiger partial charge in [0.05, 0.1) is 0 Å². The van der Waals surface area contributed by atoms with E-state index in [9.17, 15) is 4.79 Å². The normalized spacial score (nSPS) is 15.7. The molecule has 38 heavy (non-hydrogen) atoms. The summed E-state index contributed by atoms with van der Waals surface area (Å²) in [6.07, 6.45) is 11.6. The highest BCUT2D eigenvalue weighted by atomic mass is 16.2. The average molecular weight is 536 g/mol. The number of nitrogens with one attached hydrogen (secondary N) is 1. The van der Waals surface area contributed by atoms with Crippen LogP contribution in [0.4, 0.5) is 4.79 Å². The van der Waals surface area contributed by atoms with Crippen molar-refractivity contribution in [2.24, 2.45) is 28.0 Å². The van der Waals surface area contributed by atoms with Gasteiger partial charge >= 0.3 is 6.03 Å². The van der Waals surface area contributed by atoms with Crippen molar-refractivity contribution in [3.63, 3.8) is 0 Å². The second kappa shape index (κ2) is 29.0. The van der Waals surface area contributed by atoms with Gasteiger partial charge in [0.25, 0.3) is 0 Å². The molecule has 1 saturated carbocycles. The van der Waals surface area contributed by atoms with Crippen molar-refractivity contribution < 1.29 is 9.59 Å². The number of aryl methyl sites for hydroxylation is 1. The Bertz CT molecular complexity index is 669. The summed E-state index contributed by atoms with van der Waals surface area (Å²) >= 11 is 0. The molecule has 0 aromatic carbocycles. The lowest BCUT2D eigenvalue weighted by Gasteiger charge is -2.29. The average Bonchev–Trinajstić information content (AvgIpc) is 3.60. The van der Waals surface area contributed by atoms with Gasteiger partial charge in [0, 0.05) is 26.0 Å². The lowest BCUT2D eigenvalue weighted by molar-refractivity contribution is -0.0980. The standard InChI is InChI=1S/C10H19N.C9H13N3O.C4H10.C3H8.C2H5N.C2H4.CH2O/c1-3-9-8-10(9)4-6-11(2)7-5-10;1-2-7-5-11-4-3-8(7)6-12-9(10)13;1-4(2)3;2*1-3-2;2*1-2/h9H,3-8H2,1-2H3;3-5H,2,6H2,1H3,(H3,10,12,13);4H,1-3H3;3H2,1-2H3;1H2,2H3;1-2H2;1H2. The molecular weight excluding hydrogens is 474 g/mol. The Morgan fingerprint density at radius 3 is 1.95 bits per heavy atom. The number of amides is 2. The highest BCUT2D eigenvalue weighted by Crippen LogP contribution is 2.60. The Hall–Kier alpha value is -2.54. The lowest BCUT2D eigenvalue weighted by atomic mass is 9.90. The summed E-state index contributed by atoms with van der Waals surface area (Å²) < 4.78 is 0. The van der Waals surface area contributed by atoms with Gasteiger partial charge in [0.2, 0.25) is 0 Å². The third-order valence-corrected chi connectivity index (χ3v) is 5.67. The fraction of sp³-hybridized carbons (Fsp3) is 0.677. The molecule has 1 spiro atoms. The Balaban J connectivity index is -0.000000208. The van der Waals surface area contributed by atoms with Gasteiger partial charge in [-0.2, -0.15) is 0 Å². The van der Waals surface area contributed by atoms with Crippen molar-refractivity contribution in [1.82, 2.24) is 15.2 Å². The van der Waals surface area contributed by atoms with E-state index < -0.39 is 6.03 Å². The van der Waals surface area contributed by atoms with Crippen LogP contribution in [-0.4, -0.2) is 56.6 Å². The Kier molecular flexibility index (Phi) is 32.5. The molecule has 1 unspecified atom stereocenters. The highest BCUT2D eigenvalue weighted by Gasteiger charge is 2.52. The summed E-state index contributed by atoms with van der Waals surface area (Å²) in [6, 6.07) is 1.38. The van der Waals surface area contributed by atoms with Crippen LogP contribution < -0.4 is 11.1 Å². The molecular formula is C31H61N5O2. The van der Waals surface area contributed by atoms with Gasteiger partial charge in [-0.15, -0.1) is 13.2 Å². The zero-order valence-corrected chi connectivity index (χ0v) is 26.3. The minimum Gasteiger partial charge on any atom is -0.352 e. The largest absolute Gasteiger partial charge is 0.352 e. The van der Waals surface area contributed by atoms with Gasteiger partial charge in [0.15, 0.2) is 0 Å². The highest BCUT2D eigenvalue weighted by molar-refractivity contribution is 5.71. The monoisotopic (exact) mass is 535 g/mol. The maximum atomic E-state index is 10.5. The fourth-order valence-electron chi connectivity index (χ4n) is 3.81. The summed E-state index contributed by atoms with van der Waals surface area (Å²) in [5.74, 6) is 1.93. The van der Waals surface area contributed by atoms with Crippen molar-refractivity contribution in [3.05, 3.63) is 42.7 Å². The first-order chi connectivity index (χ1) is 18.1. The van der Waals surface area contributed by atoms with Crippen LogP contribution in [-0.2, 0) is 17.8 Å². The number of urea groups is 1. The molecule has 0 bridgehead atoms. The van der Waals surface area contributed by atoms with E-state index in [4.69, 9.17) is 10.5 Å². The van der Waals surface area contributed by atoms with E-state index in [1.165, 1.54) is 45.2 Å². The minimum atomic E-state index is -0.501. The zero-order valence-electron chi connectivity index (χ0n) is 26.3. The number of nitrogens with zero attached hydrogens (tertiary/aromatic N) is 3. The van der Waals surface area contributed by atoms with Crippen LogP contribution in [0, 0.1) is 17.3 Å². The quantitative estimate of drug-likeness (QED) is 0.322. The zero-order chi connectivity index (χ0) is 30.6. The molecule has 1 aliphatic carbocycles. The number of pyridine rings is 1. The Morgan fingerprint density at radius 2 is 1.61 bits per heavy atom. The van der Waals surface area contributed by atoms with Crippen molar-refractivity contribution >= 4 is 19.5 Å². The predicted octanol–water partition coefficient (Wildman–Crippen LogP) is 6.95. The Labute approximate surface area is 235 Å². The molecule has 1 atom stereocenters. The first-order valence-corrected chi connectivity index (χ1v) is 13.8. The molecule has 222 valence electrons. The molecule has 1 saturated heterocycles. The summed E-state index contributed by atoms with van der Waals surface area (Å²) in [4.78, 5) is 28.2. The van der Waals surface area contributed by atoms with Crippen molar-refractivity contribution in [1.29, 1.82) is 0 Å². The summed E-state index contributed by atoms with van der Waals surface area (Å²) in [5.41, 5.74) is 8.00. The third-order valence-electron chi connectivity index (χ3n) is 5.67. The van der Waals surface area contributed by atoms with Crippen molar-refractivity contribution in [2.45, 2.75) is 93.5 Å². The number of piperidine rings is 1. The van der Waals surface area contributed by atoms with Crippen molar-refractivity contribution in [2.75, 3.05) is 27.2 Å². The van der Waals surface area contributed by atoms with E-state index in [0.717, 1.165) is 34.8 Å². The van der Waals surface area contributed by atoms with Crippen LogP contribution in [0.3, 0.4) is 0 Å². The van der Waals surface area contributed by atoms with Crippen LogP contribution in [0.25, 0.3) is 0 Å². The number of primary amides is 1. The van der Waals surface area contributed by atoms with Crippen LogP contribution in [0.15, 0.2) is 36.6 Å². The first-order valence-electron chi connectivity index (χ1n) is 13.8. The summed E-state index contributed by atoms with van der Waals surface area (Å²) in [7, 11) is 3.89. The van der Waals surface area contributed by atoms with Crippen molar-refractivity contribution in [3.8, 4) is 0 Å². The number of aromatic nitrogens is 1. The molecule has 2 aliphatic rings. The Morgan fingerprint density at radius 1 is 1.16 bits per heavy atom. The van der Waals surface area contributed by atoms with Gasteiger partial charge in [-0.3, -0.25) is 4.98 Å². The second-order valence-corrected chi connectivity index (χ2v) is 9.95. The number of likely N-dealkylation sites (tertiary alicyclic amines) is 1. The first kappa shape index (κ1) is 42.5. The maximum absolute atomic E-state index is 10.5. The van der Waals surface area contributed by atoms with Gasteiger partial charge in [0.1, 0.15) is 6.79 Å².